The molecule has 1 fully saturated rings. The van der Waals surface area contributed by atoms with E-state index < -0.39 is 19.3 Å². The number of para-hydroxylation sites is 1. The van der Waals surface area contributed by atoms with Gasteiger partial charge in [0.05, 0.1) is 11.8 Å². The molecule has 0 heterocycles. The van der Waals surface area contributed by atoms with E-state index in [1.54, 1.807) is 6.07 Å². The Morgan fingerprint density at radius 2 is 1.82 bits per heavy atom. The molecule has 1 aliphatic carbocycles. The Morgan fingerprint density at radius 3 is 2.56 bits per heavy atom. The largest absolute Gasteiger partial charge is 0.508 e. The molecule has 0 amide bonds. The maximum Gasteiger partial charge on any atom is 0.198 e. The van der Waals surface area contributed by atoms with E-state index in [1.165, 1.54) is 12.1 Å². The first-order valence-corrected chi connectivity index (χ1v) is 13.2. The van der Waals surface area contributed by atoms with Gasteiger partial charge in [0.25, 0.3) is 0 Å². The zero-order valence-corrected chi connectivity index (χ0v) is 20.4. The lowest BCUT2D eigenvalue weighted by Crippen LogP contribution is -2.35. The van der Waals surface area contributed by atoms with Crippen LogP contribution in [0.3, 0.4) is 0 Å². The Morgan fingerprint density at radius 1 is 1.06 bits per heavy atom. The molecule has 0 saturated heterocycles. The van der Waals surface area contributed by atoms with E-state index in [-0.39, 0.29) is 25.6 Å². The Labute approximate surface area is 201 Å². The van der Waals surface area contributed by atoms with Crippen LogP contribution in [0.5, 0.6) is 17.2 Å². The summed E-state index contributed by atoms with van der Waals surface area (Å²) in [6.07, 6.45) is 4.46. The average Bonchev–Trinajstić information content (AvgIpc) is 2.86. The molecule has 188 valence electrons. The number of ether oxygens (including phenoxy) is 2. The second-order valence-corrected chi connectivity index (χ2v) is 10.6. The van der Waals surface area contributed by atoms with Crippen LogP contribution in [0.25, 0.3) is 0 Å². The fraction of sp³-hybridized carbons (Fsp3) is 0.520. The molecule has 1 aliphatic rings. The second kappa shape index (κ2) is 13.1. The number of hydrogen-bond acceptors (Lipinski definition) is 7. The number of phenols is 1. The number of benzene rings is 2. The third-order valence-electron chi connectivity index (χ3n) is 6.36. The van der Waals surface area contributed by atoms with Crippen LogP contribution in [0.15, 0.2) is 42.5 Å². The first kappa shape index (κ1) is 26.5. The van der Waals surface area contributed by atoms with E-state index in [4.69, 9.17) is 9.47 Å². The van der Waals surface area contributed by atoms with E-state index >= 15 is 0 Å². The molecule has 0 aliphatic heterocycles. The van der Waals surface area contributed by atoms with Crippen molar-refractivity contribution < 1.29 is 34.3 Å². The topological polar surface area (TPSA) is 128 Å². The fourth-order valence-corrected chi connectivity index (χ4v) is 5.21. The maximum atomic E-state index is 12.1. The predicted octanol–water partition coefficient (Wildman–Crippen LogP) is 3.01. The first-order valence-electron chi connectivity index (χ1n) is 11.8. The van der Waals surface area contributed by atoms with Crippen molar-refractivity contribution in [3.8, 4) is 17.2 Å². The number of aliphatic hydroxyl groups excluding tert-OH is 2. The molecular formula is C25H36NO7P. The Hall–Kier alpha value is -2.09. The lowest BCUT2D eigenvalue weighted by molar-refractivity contribution is 0.106. The Bertz CT molecular complexity index is 933. The smallest absolute Gasteiger partial charge is 0.198 e. The summed E-state index contributed by atoms with van der Waals surface area (Å²) in [5.74, 6) is 1.20. The van der Waals surface area contributed by atoms with Crippen molar-refractivity contribution in [2.24, 2.45) is 0 Å². The summed E-state index contributed by atoms with van der Waals surface area (Å²) < 4.78 is 23.7. The fourth-order valence-electron chi connectivity index (χ4n) is 4.24. The van der Waals surface area contributed by atoms with Gasteiger partial charge in [0.1, 0.15) is 36.6 Å². The molecule has 5 N–H and O–H groups in total. The highest BCUT2D eigenvalue weighted by molar-refractivity contribution is 7.40. The van der Waals surface area contributed by atoms with Gasteiger partial charge in [0, 0.05) is 12.1 Å². The summed E-state index contributed by atoms with van der Waals surface area (Å²) >= 11 is 0. The van der Waals surface area contributed by atoms with Gasteiger partial charge in [-0.15, -0.1) is 0 Å². The molecule has 3 rings (SSSR count). The van der Waals surface area contributed by atoms with Gasteiger partial charge >= 0.3 is 0 Å². The molecule has 9 heteroatoms. The van der Waals surface area contributed by atoms with Gasteiger partial charge in [0.2, 0.25) is 0 Å². The van der Waals surface area contributed by atoms with Crippen LogP contribution in [0.2, 0.25) is 0 Å². The monoisotopic (exact) mass is 493 g/mol. The van der Waals surface area contributed by atoms with Crippen LogP contribution in [0.4, 0.5) is 0 Å². The van der Waals surface area contributed by atoms with Gasteiger partial charge in [-0.2, -0.15) is 0 Å². The summed E-state index contributed by atoms with van der Waals surface area (Å²) in [7, 11) is -2.69. The van der Waals surface area contributed by atoms with Gasteiger partial charge in [-0.25, -0.2) is 0 Å². The Kier molecular flexibility index (Phi) is 10.2. The summed E-state index contributed by atoms with van der Waals surface area (Å²) in [5, 5.41) is 31.6. The standard InChI is InChI=1S/C25H36NO7P/c27-16-20-14-22(8-9-23(20)29)32-17-21(28)15-26-13-10-19-6-2-3-7-24(19)33-18-25(34(30)31)11-4-1-5-12-25/h2-3,6-9,14,21,26-29,34H,1,4-5,10-13,15-18H2,(H,30,31). The lowest BCUT2D eigenvalue weighted by atomic mass is 9.89. The number of aromatic hydroxyl groups is 1. The van der Waals surface area contributed by atoms with Gasteiger partial charge in [-0.3, -0.25) is 4.57 Å². The van der Waals surface area contributed by atoms with E-state index in [9.17, 15) is 24.8 Å². The van der Waals surface area contributed by atoms with Crippen molar-refractivity contribution in [2.45, 2.75) is 56.4 Å². The molecule has 0 radical (unpaired) electrons. The van der Waals surface area contributed by atoms with Crippen molar-refractivity contribution in [1.29, 1.82) is 0 Å². The van der Waals surface area contributed by atoms with Crippen molar-refractivity contribution in [1.82, 2.24) is 5.32 Å². The summed E-state index contributed by atoms with van der Waals surface area (Å²) in [5.41, 5.74) is 1.37. The molecule has 1 unspecified atom stereocenters. The number of rotatable bonds is 13. The van der Waals surface area contributed by atoms with Gasteiger partial charge in [0.15, 0.2) is 8.03 Å². The van der Waals surface area contributed by atoms with Crippen LogP contribution >= 0.6 is 8.03 Å². The maximum absolute atomic E-state index is 12.1. The molecule has 0 bridgehead atoms. The van der Waals surface area contributed by atoms with Crippen LogP contribution in [0, 0.1) is 0 Å². The van der Waals surface area contributed by atoms with Crippen LogP contribution < -0.4 is 14.8 Å². The van der Waals surface area contributed by atoms with Crippen molar-refractivity contribution in [3.63, 3.8) is 0 Å². The molecule has 0 aromatic heterocycles. The quantitative estimate of drug-likeness (QED) is 0.213. The normalized spacial score (nSPS) is 17.1. The highest BCUT2D eigenvalue weighted by Crippen LogP contribution is 2.47. The minimum absolute atomic E-state index is 0.000893. The lowest BCUT2D eigenvalue weighted by Gasteiger charge is -2.34. The van der Waals surface area contributed by atoms with Crippen LogP contribution in [0.1, 0.15) is 43.2 Å². The summed E-state index contributed by atoms with van der Waals surface area (Å²) in [4.78, 5) is 9.96. The first-order chi connectivity index (χ1) is 16.4. The molecule has 1 saturated carbocycles. The third-order valence-corrected chi connectivity index (χ3v) is 7.91. The van der Waals surface area contributed by atoms with E-state index in [2.05, 4.69) is 5.32 Å². The van der Waals surface area contributed by atoms with Crippen LogP contribution in [-0.2, 0) is 17.6 Å². The SMILES string of the molecule is O=[P@@H](O)C1(COc2ccccc2CCNCC(O)COc2ccc(O)c(CO)c2)CCCCC1. The molecule has 2 aromatic carbocycles. The third kappa shape index (κ3) is 7.45. The number of nitrogens with one attached hydrogen (secondary N) is 1. The molecule has 8 nitrogen and oxygen atoms in total. The molecule has 2 atom stereocenters. The Balaban J connectivity index is 1.43. The summed E-state index contributed by atoms with van der Waals surface area (Å²) in [6, 6.07) is 12.3. The van der Waals surface area contributed by atoms with Crippen molar-refractivity contribution in [2.75, 3.05) is 26.3 Å². The number of aliphatic hydroxyl groups is 2. The minimum Gasteiger partial charge on any atom is -0.508 e. The highest BCUT2D eigenvalue weighted by Gasteiger charge is 2.38. The van der Waals surface area contributed by atoms with Gasteiger partial charge < -0.3 is 35.0 Å². The molecular weight excluding hydrogens is 457 g/mol. The van der Waals surface area contributed by atoms with E-state index in [0.29, 0.717) is 30.8 Å². The molecule has 34 heavy (non-hydrogen) atoms. The number of hydrogen-bond donors (Lipinski definition) is 5. The predicted molar refractivity (Wildman–Crippen MR) is 131 cm³/mol. The van der Waals surface area contributed by atoms with Crippen LogP contribution in [-0.4, -0.2) is 57.8 Å². The van der Waals surface area contributed by atoms with Crippen molar-refractivity contribution >= 4 is 8.03 Å². The van der Waals surface area contributed by atoms with E-state index in [1.807, 2.05) is 24.3 Å². The zero-order chi connectivity index (χ0) is 24.4. The zero-order valence-electron chi connectivity index (χ0n) is 19.4. The average molecular weight is 494 g/mol. The van der Waals surface area contributed by atoms with Crippen molar-refractivity contribution in [3.05, 3.63) is 53.6 Å². The highest BCUT2D eigenvalue weighted by atomic mass is 31.1. The second-order valence-electron chi connectivity index (χ2n) is 8.91. The van der Waals surface area contributed by atoms with Gasteiger partial charge in [-0.1, -0.05) is 37.5 Å². The molecule has 0 spiro atoms. The van der Waals surface area contributed by atoms with E-state index in [0.717, 1.165) is 43.4 Å². The van der Waals surface area contributed by atoms with Gasteiger partial charge in [-0.05, 0) is 55.6 Å². The molecule has 2 aromatic rings. The minimum atomic E-state index is -2.69. The summed E-state index contributed by atoms with van der Waals surface area (Å²) in [6.45, 7) is 0.997.